The van der Waals surface area contributed by atoms with Crippen LogP contribution in [-0.2, 0) is 14.3 Å². The molecule has 4 rings (SSSR count). The summed E-state index contributed by atoms with van der Waals surface area (Å²) in [5, 5.41) is 6.60. The molecule has 2 heterocycles. The van der Waals surface area contributed by atoms with Crippen LogP contribution in [0.3, 0.4) is 0 Å². The fourth-order valence-corrected chi connectivity index (χ4v) is 5.60. The quantitative estimate of drug-likeness (QED) is 0.775. The molecule has 2 saturated carbocycles. The Morgan fingerprint density at radius 2 is 2.11 bits per heavy atom. The summed E-state index contributed by atoms with van der Waals surface area (Å²) in [6.45, 7) is 3.57. The van der Waals surface area contributed by atoms with Crippen LogP contribution in [0, 0.1) is 11.8 Å². The second-order valence-electron chi connectivity index (χ2n) is 8.88. The number of rotatable bonds is 3. The molecular formula is C20H32FN3O3. The van der Waals surface area contributed by atoms with Crippen LogP contribution in [0.25, 0.3) is 0 Å². The number of carbonyl (C=O) groups is 2. The zero-order valence-corrected chi connectivity index (χ0v) is 16.2. The summed E-state index contributed by atoms with van der Waals surface area (Å²) in [5.41, 5.74) is 0. The first kappa shape index (κ1) is 19.1. The van der Waals surface area contributed by atoms with Crippen LogP contribution < -0.4 is 10.6 Å². The Bertz CT molecular complexity index is 557. The zero-order chi connectivity index (χ0) is 19.0. The van der Waals surface area contributed by atoms with E-state index in [0.717, 1.165) is 32.1 Å². The van der Waals surface area contributed by atoms with E-state index in [4.69, 9.17) is 4.74 Å². The highest BCUT2D eigenvalue weighted by molar-refractivity contribution is 5.82. The lowest BCUT2D eigenvalue weighted by molar-refractivity contribution is -0.146. The Morgan fingerprint density at radius 1 is 1.26 bits per heavy atom. The van der Waals surface area contributed by atoms with Crippen molar-refractivity contribution in [1.29, 1.82) is 0 Å². The Balaban J connectivity index is 1.32. The average Bonchev–Trinajstić information content (AvgIpc) is 3.12. The molecule has 0 bridgehead atoms. The predicted octanol–water partition coefficient (Wildman–Crippen LogP) is 1.39. The van der Waals surface area contributed by atoms with Crippen molar-refractivity contribution in [1.82, 2.24) is 15.5 Å². The number of hydrogen-bond acceptors (Lipinski definition) is 4. The monoisotopic (exact) mass is 381 g/mol. The molecule has 7 atom stereocenters. The van der Waals surface area contributed by atoms with E-state index < -0.39 is 6.17 Å². The van der Waals surface area contributed by atoms with Crippen molar-refractivity contribution < 1.29 is 18.7 Å². The van der Waals surface area contributed by atoms with Gasteiger partial charge in [-0.2, -0.15) is 0 Å². The van der Waals surface area contributed by atoms with Crippen LogP contribution in [0.5, 0.6) is 0 Å². The number of hydrogen-bond donors (Lipinski definition) is 2. The number of carbonyl (C=O) groups excluding carboxylic acids is 2. The van der Waals surface area contributed by atoms with E-state index in [1.807, 2.05) is 4.90 Å². The van der Waals surface area contributed by atoms with Gasteiger partial charge in [0.1, 0.15) is 12.8 Å². The Labute approximate surface area is 160 Å². The second kappa shape index (κ2) is 8.03. The number of alkyl halides is 1. The summed E-state index contributed by atoms with van der Waals surface area (Å²) in [6, 6.07) is 0.114. The first-order valence-corrected chi connectivity index (χ1v) is 10.6. The van der Waals surface area contributed by atoms with E-state index in [2.05, 4.69) is 17.6 Å². The maximum absolute atomic E-state index is 14.3. The van der Waals surface area contributed by atoms with E-state index in [1.54, 1.807) is 0 Å². The smallest absolute Gasteiger partial charge is 0.248 e. The molecule has 2 amide bonds. The van der Waals surface area contributed by atoms with E-state index in [9.17, 15) is 14.0 Å². The van der Waals surface area contributed by atoms with Crippen LogP contribution in [0.4, 0.5) is 4.39 Å². The van der Waals surface area contributed by atoms with E-state index in [0.29, 0.717) is 31.9 Å². The number of morpholine rings is 1. The van der Waals surface area contributed by atoms with Crippen molar-refractivity contribution in [3.05, 3.63) is 0 Å². The normalized spacial score (nSPS) is 42.7. The second-order valence-corrected chi connectivity index (χ2v) is 8.88. The van der Waals surface area contributed by atoms with Crippen LogP contribution in [-0.4, -0.2) is 66.8 Å². The zero-order valence-electron chi connectivity index (χ0n) is 16.2. The highest BCUT2D eigenvalue weighted by atomic mass is 19.1. The van der Waals surface area contributed by atoms with Crippen LogP contribution in [0.2, 0.25) is 0 Å². The maximum Gasteiger partial charge on any atom is 0.248 e. The van der Waals surface area contributed by atoms with Crippen molar-refractivity contribution in [2.24, 2.45) is 11.8 Å². The van der Waals surface area contributed by atoms with Gasteiger partial charge in [0.05, 0.1) is 12.6 Å². The summed E-state index contributed by atoms with van der Waals surface area (Å²) < 4.78 is 19.5. The van der Waals surface area contributed by atoms with Crippen LogP contribution >= 0.6 is 0 Å². The highest BCUT2D eigenvalue weighted by Gasteiger charge is 2.46. The fraction of sp³-hybridized carbons (Fsp3) is 0.900. The maximum atomic E-state index is 14.3. The summed E-state index contributed by atoms with van der Waals surface area (Å²) >= 11 is 0. The molecule has 2 N–H and O–H groups in total. The van der Waals surface area contributed by atoms with Crippen molar-refractivity contribution in [2.75, 3.05) is 19.8 Å². The van der Waals surface area contributed by atoms with Gasteiger partial charge in [-0.15, -0.1) is 0 Å². The molecule has 152 valence electrons. The minimum Gasteiger partial charge on any atom is -0.370 e. The van der Waals surface area contributed by atoms with Gasteiger partial charge in [0.15, 0.2) is 0 Å². The molecule has 0 aromatic carbocycles. The van der Waals surface area contributed by atoms with E-state index >= 15 is 0 Å². The van der Waals surface area contributed by atoms with Crippen molar-refractivity contribution in [3.8, 4) is 0 Å². The summed E-state index contributed by atoms with van der Waals surface area (Å²) in [4.78, 5) is 26.9. The summed E-state index contributed by atoms with van der Waals surface area (Å²) in [7, 11) is 0. The Morgan fingerprint density at radius 3 is 2.89 bits per heavy atom. The SMILES string of the molecule is CC1CCC(F)C2CC(C(=O)NC3CCCC(N4CCOCC4=O)C3)NC12. The molecule has 7 unspecified atom stereocenters. The van der Waals surface area contributed by atoms with Crippen LogP contribution in [0.1, 0.15) is 51.9 Å². The van der Waals surface area contributed by atoms with Gasteiger partial charge < -0.3 is 20.3 Å². The Hall–Kier alpha value is -1.21. The first-order chi connectivity index (χ1) is 13.0. The van der Waals surface area contributed by atoms with Gasteiger partial charge in [-0.3, -0.25) is 9.59 Å². The Kier molecular flexibility index (Phi) is 5.69. The fourth-order valence-electron chi connectivity index (χ4n) is 5.60. The number of ether oxygens (including phenoxy) is 1. The predicted molar refractivity (Wildman–Crippen MR) is 98.8 cm³/mol. The van der Waals surface area contributed by atoms with Gasteiger partial charge in [-0.05, 0) is 50.9 Å². The van der Waals surface area contributed by atoms with Gasteiger partial charge in [0.2, 0.25) is 11.8 Å². The number of nitrogens with zero attached hydrogens (tertiary/aromatic N) is 1. The lowest BCUT2D eigenvalue weighted by Crippen LogP contribution is -2.54. The van der Waals surface area contributed by atoms with E-state index in [-0.39, 0.29) is 48.5 Å². The summed E-state index contributed by atoms with van der Waals surface area (Å²) in [6.07, 6.45) is 5.07. The van der Waals surface area contributed by atoms with Gasteiger partial charge in [-0.25, -0.2) is 4.39 Å². The third kappa shape index (κ3) is 3.99. The number of halogens is 1. The number of fused-ring (bicyclic) bond motifs is 1. The lowest BCUT2D eigenvalue weighted by atomic mass is 9.77. The minimum atomic E-state index is -0.789. The van der Waals surface area contributed by atoms with Crippen molar-refractivity contribution in [2.45, 2.75) is 82.2 Å². The molecule has 0 radical (unpaired) electrons. The molecule has 0 aromatic rings. The lowest BCUT2D eigenvalue weighted by Gasteiger charge is -2.39. The largest absolute Gasteiger partial charge is 0.370 e. The molecule has 4 aliphatic rings. The average molecular weight is 381 g/mol. The third-order valence-electron chi connectivity index (χ3n) is 7.11. The van der Waals surface area contributed by atoms with Gasteiger partial charge >= 0.3 is 0 Å². The van der Waals surface area contributed by atoms with Crippen LogP contribution in [0.15, 0.2) is 0 Å². The molecule has 27 heavy (non-hydrogen) atoms. The standard InChI is InChI=1S/C20H32FN3O3/c1-12-5-6-16(21)15-10-17(23-19(12)15)20(26)22-13-3-2-4-14(9-13)24-7-8-27-11-18(24)25/h12-17,19,23H,2-11H2,1H3,(H,22,26). The van der Waals surface area contributed by atoms with Crippen molar-refractivity contribution in [3.63, 3.8) is 0 Å². The molecular weight excluding hydrogens is 349 g/mol. The minimum absolute atomic E-state index is 0.00255. The third-order valence-corrected chi connectivity index (χ3v) is 7.11. The van der Waals surface area contributed by atoms with Crippen molar-refractivity contribution >= 4 is 11.8 Å². The molecule has 4 fully saturated rings. The topological polar surface area (TPSA) is 70.7 Å². The number of nitrogens with one attached hydrogen (secondary N) is 2. The van der Waals surface area contributed by atoms with E-state index in [1.165, 1.54) is 0 Å². The molecule has 2 aliphatic carbocycles. The first-order valence-electron chi connectivity index (χ1n) is 10.6. The molecule has 2 saturated heterocycles. The molecule has 7 heteroatoms. The highest BCUT2D eigenvalue weighted by Crippen LogP contribution is 2.38. The molecule has 2 aliphatic heterocycles. The summed E-state index contributed by atoms with van der Waals surface area (Å²) in [5.74, 6) is 0.450. The van der Waals surface area contributed by atoms with Gasteiger partial charge in [0, 0.05) is 30.6 Å². The molecule has 0 spiro atoms. The molecule has 0 aromatic heterocycles. The van der Waals surface area contributed by atoms with Gasteiger partial charge in [0.25, 0.3) is 0 Å². The molecule has 6 nitrogen and oxygen atoms in total. The van der Waals surface area contributed by atoms with Gasteiger partial charge in [-0.1, -0.05) is 6.92 Å². The number of amides is 2.